The molecule has 2 N–H and O–H groups in total. The van der Waals surface area contributed by atoms with E-state index < -0.39 is 5.97 Å². The topological polar surface area (TPSA) is 78.1 Å². The number of nitrogens with two attached hydrogens (primary N) is 1. The van der Waals surface area contributed by atoms with E-state index in [0.717, 1.165) is 11.1 Å². The molecule has 5 heteroatoms. The number of carbonyl (C=O) groups excluding carboxylic acids is 1. The molecule has 20 heavy (non-hydrogen) atoms. The molecule has 0 amide bonds. The Balaban J connectivity index is 2.61. The SMILES string of the molecule is CCOC(=O)c1c(C)nc(N)nc1-c1ccc(C)cc1. The van der Waals surface area contributed by atoms with Crippen molar-refractivity contribution >= 4 is 11.9 Å². The summed E-state index contributed by atoms with van der Waals surface area (Å²) in [7, 11) is 0. The first-order chi connectivity index (χ1) is 9.52. The van der Waals surface area contributed by atoms with Gasteiger partial charge in [0.15, 0.2) is 0 Å². The molecule has 0 spiro atoms. The number of nitrogens with zero attached hydrogens (tertiary/aromatic N) is 2. The van der Waals surface area contributed by atoms with Gasteiger partial charge < -0.3 is 10.5 Å². The molecule has 0 atom stereocenters. The molecule has 0 unspecified atom stereocenters. The van der Waals surface area contributed by atoms with E-state index >= 15 is 0 Å². The van der Waals surface area contributed by atoms with E-state index in [2.05, 4.69) is 9.97 Å². The van der Waals surface area contributed by atoms with E-state index in [1.807, 2.05) is 31.2 Å². The Morgan fingerprint density at radius 2 is 1.85 bits per heavy atom. The summed E-state index contributed by atoms with van der Waals surface area (Å²) in [6, 6.07) is 7.72. The fourth-order valence-corrected chi connectivity index (χ4v) is 1.96. The normalized spacial score (nSPS) is 10.3. The van der Waals surface area contributed by atoms with Gasteiger partial charge in [-0.3, -0.25) is 0 Å². The standard InChI is InChI=1S/C15H17N3O2/c1-4-20-14(19)12-10(3)17-15(16)18-13(12)11-7-5-9(2)6-8-11/h5-8H,4H2,1-3H3,(H2,16,17,18). The summed E-state index contributed by atoms with van der Waals surface area (Å²) < 4.78 is 5.07. The third kappa shape index (κ3) is 2.77. The van der Waals surface area contributed by atoms with Gasteiger partial charge in [-0.2, -0.15) is 0 Å². The number of aryl methyl sites for hydroxylation is 2. The number of benzene rings is 1. The van der Waals surface area contributed by atoms with Gasteiger partial charge >= 0.3 is 5.97 Å². The highest BCUT2D eigenvalue weighted by atomic mass is 16.5. The minimum atomic E-state index is -0.430. The Hall–Kier alpha value is -2.43. The quantitative estimate of drug-likeness (QED) is 0.868. The van der Waals surface area contributed by atoms with E-state index in [9.17, 15) is 4.79 Å². The largest absolute Gasteiger partial charge is 0.462 e. The summed E-state index contributed by atoms with van der Waals surface area (Å²) in [5, 5.41) is 0. The zero-order valence-corrected chi connectivity index (χ0v) is 11.8. The molecule has 1 heterocycles. The molecule has 0 aliphatic rings. The van der Waals surface area contributed by atoms with E-state index in [-0.39, 0.29) is 5.95 Å². The van der Waals surface area contributed by atoms with Crippen LogP contribution in [0, 0.1) is 13.8 Å². The van der Waals surface area contributed by atoms with Gasteiger partial charge in [0.1, 0.15) is 5.56 Å². The molecular formula is C15H17N3O2. The number of carbonyl (C=O) groups is 1. The zero-order chi connectivity index (χ0) is 14.7. The highest BCUT2D eigenvalue weighted by Gasteiger charge is 2.20. The van der Waals surface area contributed by atoms with E-state index in [0.29, 0.717) is 23.6 Å². The van der Waals surface area contributed by atoms with Crippen molar-refractivity contribution in [2.45, 2.75) is 20.8 Å². The maximum Gasteiger partial charge on any atom is 0.342 e. The van der Waals surface area contributed by atoms with Crippen LogP contribution in [0.2, 0.25) is 0 Å². The summed E-state index contributed by atoms with van der Waals surface area (Å²) >= 11 is 0. The van der Waals surface area contributed by atoms with Gasteiger partial charge in [0.25, 0.3) is 0 Å². The van der Waals surface area contributed by atoms with Crippen molar-refractivity contribution in [3.8, 4) is 11.3 Å². The van der Waals surface area contributed by atoms with Crippen molar-refractivity contribution in [3.05, 3.63) is 41.1 Å². The third-order valence-corrected chi connectivity index (χ3v) is 2.91. The Morgan fingerprint density at radius 3 is 2.45 bits per heavy atom. The van der Waals surface area contributed by atoms with Crippen molar-refractivity contribution < 1.29 is 9.53 Å². The van der Waals surface area contributed by atoms with Gasteiger partial charge in [0.2, 0.25) is 5.95 Å². The third-order valence-electron chi connectivity index (χ3n) is 2.91. The van der Waals surface area contributed by atoms with Gasteiger partial charge in [-0.05, 0) is 20.8 Å². The van der Waals surface area contributed by atoms with Crippen LogP contribution in [0.1, 0.15) is 28.5 Å². The number of nitrogen functional groups attached to an aromatic ring is 1. The summed E-state index contributed by atoms with van der Waals surface area (Å²) in [5.41, 5.74) is 9.03. The van der Waals surface area contributed by atoms with Crippen molar-refractivity contribution in [2.24, 2.45) is 0 Å². The van der Waals surface area contributed by atoms with Crippen LogP contribution < -0.4 is 5.73 Å². The number of esters is 1. The second-order valence-electron chi connectivity index (χ2n) is 4.48. The van der Waals surface area contributed by atoms with Crippen LogP contribution in [0.15, 0.2) is 24.3 Å². The molecule has 2 rings (SSSR count). The molecule has 0 fully saturated rings. The maximum absolute atomic E-state index is 12.1. The predicted octanol–water partition coefficient (Wildman–Crippen LogP) is 2.52. The molecule has 0 aliphatic carbocycles. The zero-order valence-electron chi connectivity index (χ0n) is 11.8. The van der Waals surface area contributed by atoms with E-state index in [1.165, 1.54) is 0 Å². The van der Waals surface area contributed by atoms with Crippen LogP contribution in [0.5, 0.6) is 0 Å². The monoisotopic (exact) mass is 271 g/mol. The lowest BCUT2D eigenvalue weighted by atomic mass is 10.0. The van der Waals surface area contributed by atoms with Crippen molar-refractivity contribution in [3.63, 3.8) is 0 Å². The highest BCUT2D eigenvalue weighted by Crippen LogP contribution is 2.25. The predicted molar refractivity (Wildman–Crippen MR) is 77.3 cm³/mol. The molecule has 0 saturated carbocycles. The van der Waals surface area contributed by atoms with Gasteiger partial charge in [-0.1, -0.05) is 29.8 Å². The van der Waals surface area contributed by atoms with Crippen LogP contribution in [-0.2, 0) is 4.74 Å². The van der Waals surface area contributed by atoms with Crippen LogP contribution in [-0.4, -0.2) is 22.5 Å². The molecule has 2 aromatic rings. The summed E-state index contributed by atoms with van der Waals surface area (Å²) in [4.78, 5) is 20.3. The Labute approximate surface area is 117 Å². The van der Waals surface area contributed by atoms with Crippen LogP contribution in [0.25, 0.3) is 11.3 Å². The van der Waals surface area contributed by atoms with Crippen LogP contribution in [0.4, 0.5) is 5.95 Å². The second-order valence-corrected chi connectivity index (χ2v) is 4.48. The van der Waals surface area contributed by atoms with Crippen LogP contribution >= 0.6 is 0 Å². The lowest BCUT2D eigenvalue weighted by Crippen LogP contribution is -2.13. The average Bonchev–Trinajstić information content (AvgIpc) is 2.38. The Bertz CT molecular complexity index is 636. The minimum Gasteiger partial charge on any atom is -0.462 e. The number of hydrogen-bond donors (Lipinski definition) is 1. The molecule has 0 aliphatic heterocycles. The lowest BCUT2D eigenvalue weighted by molar-refractivity contribution is 0.0525. The molecule has 0 bridgehead atoms. The van der Waals surface area contributed by atoms with Gasteiger partial charge in [0.05, 0.1) is 18.0 Å². The smallest absolute Gasteiger partial charge is 0.342 e. The number of rotatable bonds is 3. The summed E-state index contributed by atoms with van der Waals surface area (Å²) in [6.45, 7) is 5.78. The van der Waals surface area contributed by atoms with Gasteiger partial charge in [-0.15, -0.1) is 0 Å². The van der Waals surface area contributed by atoms with E-state index in [4.69, 9.17) is 10.5 Å². The van der Waals surface area contributed by atoms with E-state index in [1.54, 1.807) is 13.8 Å². The Morgan fingerprint density at radius 1 is 1.20 bits per heavy atom. The molecule has 1 aromatic carbocycles. The molecule has 0 radical (unpaired) electrons. The first kappa shape index (κ1) is 14.0. The fourth-order valence-electron chi connectivity index (χ4n) is 1.96. The maximum atomic E-state index is 12.1. The molecule has 1 aromatic heterocycles. The fraction of sp³-hybridized carbons (Fsp3) is 0.267. The highest BCUT2D eigenvalue weighted by molar-refractivity contribution is 5.97. The van der Waals surface area contributed by atoms with Gasteiger partial charge in [-0.25, -0.2) is 14.8 Å². The van der Waals surface area contributed by atoms with Crippen molar-refractivity contribution in [1.29, 1.82) is 0 Å². The first-order valence-electron chi connectivity index (χ1n) is 6.41. The van der Waals surface area contributed by atoms with Crippen molar-refractivity contribution in [2.75, 3.05) is 12.3 Å². The molecular weight excluding hydrogens is 254 g/mol. The second kappa shape index (κ2) is 5.69. The number of aromatic nitrogens is 2. The lowest BCUT2D eigenvalue weighted by Gasteiger charge is -2.11. The van der Waals surface area contributed by atoms with Crippen molar-refractivity contribution in [1.82, 2.24) is 9.97 Å². The molecule has 0 saturated heterocycles. The summed E-state index contributed by atoms with van der Waals surface area (Å²) in [5.74, 6) is -0.285. The molecule has 104 valence electrons. The number of hydrogen-bond acceptors (Lipinski definition) is 5. The first-order valence-corrected chi connectivity index (χ1v) is 6.41. The summed E-state index contributed by atoms with van der Waals surface area (Å²) in [6.07, 6.45) is 0. The number of ether oxygens (including phenoxy) is 1. The Kier molecular flexibility index (Phi) is 3.98. The number of anilines is 1. The average molecular weight is 271 g/mol. The van der Waals surface area contributed by atoms with Gasteiger partial charge in [0, 0.05) is 5.56 Å². The molecule has 5 nitrogen and oxygen atoms in total. The minimum absolute atomic E-state index is 0.145. The van der Waals surface area contributed by atoms with Crippen LogP contribution in [0.3, 0.4) is 0 Å².